The second kappa shape index (κ2) is 6.76. The number of aryl methyl sites for hydroxylation is 1. The van der Waals surface area contributed by atoms with Crippen LogP contribution in [-0.2, 0) is 24.2 Å². The third-order valence-corrected chi connectivity index (χ3v) is 5.82. The van der Waals surface area contributed by atoms with Gasteiger partial charge in [-0.15, -0.1) is 11.3 Å². The first kappa shape index (κ1) is 16.0. The Hall–Kier alpha value is -2.53. The normalized spacial score (nSPS) is 13.6. The molecule has 0 aliphatic carbocycles. The number of hydrogen-bond acceptors (Lipinski definition) is 4. The number of pyridine rings is 1. The molecule has 0 spiro atoms. The molecule has 1 aliphatic rings. The molecule has 4 rings (SSSR count). The standard InChI is InChI=1S/C20H19N3OS/c1-14-18(25-20(22-14)16-6-9-21-10-7-16)12-19(24)23-11-8-15-4-2-3-5-17(15)13-23/h2-7,9-10H,8,11-13H2,1H3. The molecule has 25 heavy (non-hydrogen) atoms. The van der Waals surface area contributed by atoms with Gasteiger partial charge in [-0.25, -0.2) is 4.98 Å². The van der Waals surface area contributed by atoms with E-state index in [9.17, 15) is 4.79 Å². The molecule has 0 fully saturated rings. The summed E-state index contributed by atoms with van der Waals surface area (Å²) >= 11 is 1.60. The Balaban J connectivity index is 1.49. The van der Waals surface area contributed by atoms with E-state index >= 15 is 0 Å². The molecule has 0 saturated heterocycles. The van der Waals surface area contributed by atoms with Crippen LogP contribution in [0.5, 0.6) is 0 Å². The SMILES string of the molecule is Cc1nc(-c2ccncc2)sc1CC(=O)N1CCc2ccccc2C1. The molecule has 1 amide bonds. The summed E-state index contributed by atoms with van der Waals surface area (Å²) in [6, 6.07) is 12.3. The van der Waals surface area contributed by atoms with Crippen molar-refractivity contribution >= 4 is 17.2 Å². The van der Waals surface area contributed by atoms with Crippen LogP contribution in [0.1, 0.15) is 21.7 Å². The monoisotopic (exact) mass is 349 g/mol. The van der Waals surface area contributed by atoms with E-state index in [-0.39, 0.29) is 5.91 Å². The maximum atomic E-state index is 12.8. The molecular formula is C20H19N3OS. The van der Waals surface area contributed by atoms with Crippen molar-refractivity contribution in [1.82, 2.24) is 14.9 Å². The van der Waals surface area contributed by atoms with Crippen LogP contribution in [0.4, 0.5) is 0 Å². The Labute approximate surface area is 151 Å². The van der Waals surface area contributed by atoms with E-state index in [2.05, 4.69) is 28.2 Å². The molecule has 3 heterocycles. The number of carbonyl (C=O) groups excluding carboxylic acids is 1. The lowest BCUT2D eigenvalue weighted by molar-refractivity contribution is -0.131. The summed E-state index contributed by atoms with van der Waals surface area (Å²) in [5.41, 5.74) is 4.62. The minimum atomic E-state index is 0.183. The van der Waals surface area contributed by atoms with E-state index in [1.165, 1.54) is 11.1 Å². The predicted octanol–water partition coefficient (Wildman–Crippen LogP) is 3.64. The average Bonchev–Trinajstić information content (AvgIpc) is 3.02. The number of nitrogens with zero attached hydrogens (tertiary/aromatic N) is 3. The van der Waals surface area contributed by atoms with Crippen LogP contribution >= 0.6 is 11.3 Å². The zero-order chi connectivity index (χ0) is 17.2. The Kier molecular flexibility index (Phi) is 4.32. The van der Waals surface area contributed by atoms with Crippen molar-refractivity contribution in [2.75, 3.05) is 6.54 Å². The van der Waals surface area contributed by atoms with Crippen LogP contribution in [-0.4, -0.2) is 27.3 Å². The van der Waals surface area contributed by atoms with E-state index in [0.717, 1.165) is 34.1 Å². The van der Waals surface area contributed by atoms with Gasteiger partial charge >= 0.3 is 0 Å². The summed E-state index contributed by atoms with van der Waals surface area (Å²) in [5, 5.41) is 0.951. The molecule has 0 unspecified atom stereocenters. The van der Waals surface area contributed by atoms with Crippen molar-refractivity contribution in [2.45, 2.75) is 26.3 Å². The van der Waals surface area contributed by atoms with Crippen LogP contribution in [0.15, 0.2) is 48.8 Å². The number of benzene rings is 1. The lowest BCUT2D eigenvalue weighted by atomic mass is 10.00. The highest BCUT2D eigenvalue weighted by Crippen LogP contribution is 2.28. The first-order valence-electron chi connectivity index (χ1n) is 8.42. The van der Waals surface area contributed by atoms with Crippen molar-refractivity contribution in [1.29, 1.82) is 0 Å². The second-order valence-electron chi connectivity index (χ2n) is 6.27. The number of hydrogen-bond donors (Lipinski definition) is 0. The zero-order valence-electron chi connectivity index (χ0n) is 14.1. The van der Waals surface area contributed by atoms with Crippen molar-refractivity contribution in [2.24, 2.45) is 0 Å². The largest absolute Gasteiger partial charge is 0.338 e. The third kappa shape index (κ3) is 3.33. The van der Waals surface area contributed by atoms with Crippen LogP contribution in [0, 0.1) is 6.92 Å². The summed E-state index contributed by atoms with van der Waals surface area (Å²) < 4.78 is 0. The molecule has 126 valence electrons. The highest BCUT2D eigenvalue weighted by atomic mass is 32.1. The van der Waals surface area contributed by atoms with Crippen LogP contribution in [0.2, 0.25) is 0 Å². The highest BCUT2D eigenvalue weighted by Gasteiger charge is 2.22. The summed E-state index contributed by atoms with van der Waals surface area (Å²) in [7, 11) is 0. The van der Waals surface area contributed by atoms with Gasteiger partial charge in [0, 0.05) is 35.9 Å². The fourth-order valence-electron chi connectivity index (χ4n) is 3.17. The molecule has 5 heteroatoms. The van der Waals surface area contributed by atoms with Gasteiger partial charge in [0.1, 0.15) is 5.01 Å². The van der Waals surface area contributed by atoms with Crippen LogP contribution < -0.4 is 0 Å². The van der Waals surface area contributed by atoms with Gasteiger partial charge in [0.15, 0.2) is 0 Å². The number of carbonyl (C=O) groups is 1. The Morgan fingerprint density at radius 3 is 2.72 bits per heavy atom. The van der Waals surface area contributed by atoms with Gasteiger partial charge in [0.25, 0.3) is 0 Å². The van der Waals surface area contributed by atoms with E-state index in [1.807, 2.05) is 30.0 Å². The minimum absolute atomic E-state index is 0.183. The Morgan fingerprint density at radius 2 is 1.92 bits per heavy atom. The quantitative estimate of drug-likeness (QED) is 0.725. The maximum absolute atomic E-state index is 12.8. The number of thiazole rings is 1. The zero-order valence-corrected chi connectivity index (χ0v) is 14.9. The molecule has 1 aromatic carbocycles. The summed E-state index contributed by atoms with van der Waals surface area (Å²) in [6.45, 7) is 3.49. The topological polar surface area (TPSA) is 46.1 Å². The molecule has 4 nitrogen and oxygen atoms in total. The molecule has 0 atom stereocenters. The van der Waals surface area contributed by atoms with Crippen LogP contribution in [0.3, 0.4) is 0 Å². The third-order valence-electron chi connectivity index (χ3n) is 4.62. The van der Waals surface area contributed by atoms with E-state index in [0.29, 0.717) is 13.0 Å². The second-order valence-corrected chi connectivity index (χ2v) is 7.36. The van der Waals surface area contributed by atoms with E-state index in [1.54, 1.807) is 23.7 Å². The molecule has 1 aliphatic heterocycles. The predicted molar refractivity (Wildman–Crippen MR) is 99.3 cm³/mol. The number of rotatable bonds is 3. The average molecular weight is 349 g/mol. The maximum Gasteiger partial charge on any atom is 0.228 e. The van der Waals surface area contributed by atoms with E-state index < -0.39 is 0 Å². The van der Waals surface area contributed by atoms with Crippen molar-refractivity contribution in [3.8, 4) is 10.6 Å². The lowest BCUT2D eigenvalue weighted by Crippen LogP contribution is -2.36. The minimum Gasteiger partial charge on any atom is -0.338 e. The summed E-state index contributed by atoms with van der Waals surface area (Å²) in [4.78, 5) is 24.5. The van der Waals surface area contributed by atoms with Gasteiger partial charge in [-0.2, -0.15) is 0 Å². The molecule has 0 radical (unpaired) electrons. The van der Waals surface area contributed by atoms with Gasteiger partial charge in [-0.3, -0.25) is 9.78 Å². The molecule has 0 N–H and O–H groups in total. The molecule has 3 aromatic rings. The molecule has 2 aromatic heterocycles. The Bertz CT molecular complexity index is 904. The summed E-state index contributed by atoms with van der Waals surface area (Å²) in [5.74, 6) is 0.183. The van der Waals surface area contributed by atoms with E-state index in [4.69, 9.17) is 0 Å². The van der Waals surface area contributed by atoms with Crippen LogP contribution in [0.25, 0.3) is 10.6 Å². The fraction of sp³-hybridized carbons (Fsp3) is 0.250. The lowest BCUT2D eigenvalue weighted by Gasteiger charge is -2.28. The number of amides is 1. The first-order valence-corrected chi connectivity index (χ1v) is 9.23. The number of fused-ring (bicyclic) bond motifs is 1. The van der Waals surface area contributed by atoms with Gasteiger partial charge in [0.05, 0.1) is 12.1 Å². The molecular weight excluding hydrogens is 330 g/mol. The smallest absolute Gasteiger partial charge is 0.228 e. The molecule has 0 saturated carbocycles. The van der Waals surface area contributed by atoms with Crippen molar-refractivity contribution in [3.05, 3.63) is 70.5 Å². The highest BCUT2D eigenvalue weighted by molar-refractivity contribution is 7.15. The Morgan fingerprint density at radius 1 is 1.16 bits per heavy atom. The van der Waals surface area contributed by atoms with Gasteiger partial charge < -0.3 is 4.90 Å². The fourth-order valence-corrected chi connectivity index (χ4v) is 4.23. The van der Waals surface area contributed by atoms with Gasteiger partial charge in [-0.05, 0) is 36.6 Å². The van der Waals surface area contributed by atoms with Crippen molar-refractivity contribution < 1.29 is 4.79 Å². The number of aromatic nitrogens is 2. The molecule has 0 bridgehead atoms. The van der Waals surface area contributed by atoms with Crippen molar-refractivity contribution in [3.63, 3.8) is 0 Å². The summed E-state index contributed by atoms with van der Waals surface area (Å²) in [6.07, 6.45) is 4.90. The van der Waals surface area contributed by atoms with Gasteiger partial charge in [0.2, 0.25) is 5.91 Å². The first-order chi connectivity index (χ1) is 12.2. The van der Waals surface area contributed by atoms with Gasteiger partial charge in [-0.1, -0.05) is 24.3 Å².